The predicted molar refractivity (Wildman–Crippen MR) is 67.5 cm³/mol. The molecule has 0 amide bonds. The Morgan fingerprint density at radius 2 is 1.88 bits per heavy atom. The lowest BCUT2D eigenvalue weighted by atomic mass is 10.1. The van der Waals surface area contributed by atoms with Crippen LogP contribution in [-0.2, 0) is 11.2 Å². The van der Waals surface area contributed by atoms with Crippen molar-refractivity contribution in [2.24, 2.45) is 0 Å². The molecular formula is C13H21NO3. The van der Waals surface area contributed by atoms with Crippen molar-refractivity contribution in [2.75, 3.05) is 40.0 Å². The summed E-state index contributed by atoms with van der Waals surface area (Å²) < 4.78 is 10.2. The minimum Gasteiger partial charge on any atom is -0.497 e. The van der Waals surface area contributed by atoms with Crippen LogP contribution in [0.2, 0.25) is 0 Å². The van der Waals surface area contributed by atoms with Crippen molar-refractivity contribution in [3.05, 3.63) is 29.8 Å². The van der Waals surface area contributed by atoms with Crippen LogP contribution in [0, 0.1) is 0 Å². The number of aliphatic hydroxyl groups is 1. The molecule has 0 saturated carbocycles. The monoisotopic (exact) mass is 239 g/mol. The Kier molecular flexibility index (Phi) is 7.38. The predicted octanol–water partition coefficient (Wildman–Crippen LogP) is 0.836. The molecule has 4 heteroatoms. The second-order valence-corrected chi connectivity index (χ2v) is 3.68. The van der Waals surface area contributed by atoms with Gasteiger partial charge in [0.25, 0.3) is 0 Å². The Morgan fingerprint density at radius 1 is 1.12 bits per heavy atom. The van der Waals surface area contributed by atoms with Crippen molar-refractivity contribution >= 4 is 0 Å². The molecule has 1 aromatic rings. The van der Waals surface area contributed by atoms with Gasteiger partial charge >= 0.3 is 0 Å². The first kappa shape index (κ1) is 14.0. The molecule has 0 radical (unpaired) electrons. The van der Waals surface area contributed by atoms with Crippen LogP contribution in [0.1, 0.15) is 5.56 Å². The first-order chi connectivity index (χ1) is 8.36. The quantitative estimate of drug-likeness (QED) is 0.627. The normalized spacial score (nSPS) is 10.5. The van der Waals surface area contributed by atoms with Crippen LogP contribution < -0.4 is 10.1 Å². The number of methoxy groups -OCH3 is 1. The summed E-state index contributed by atoms with van der Waals surface area (Å²) in [5.41, 5.74) is 1.29. The molecule has 0 aliphatic heterocycles. The van der Waals surface area contributed by atoms with Gasteiger partial charge in [0.15, 0.2) is 0 Å². The van der Waals surface area contributed by atoms with Gasteiger partial charge in [0.1, 0.15) is 5.75 Å². The van der Waals surface area contributed by atoms with Crippen molar-refractivity contribution in [3.63, 3.8) is 0 Å². The topological polar surface area (TPSA) is 50.7 Å². The highest BCUT2D eigenvalue weighted by molar-refractivity contribution is 5.27. The van der Waals surface area contributed by atoms with E-state index in [2.05, 4.69) is 17.4 Å². The lowest BCUT2D eigenvalue weighted by molar-refractivity contribution is 0.0940. The first-order valence-corrected chi connectivity index (χ1v) is 5.89. The summed E-state index contributed by atoms with van der Waals surface area (Å²) in [5.74, 6) is 0.888. The lowest BCUT2D eigenvalue weighted by Crippen LogP contribution is -2.22. The summed E-state index contributed by atoms with van der Waals surface area (Å²) >= 11 is 0. The molecule has 0 fully saturated rings. The second kappa shape index (κ2) is 8.98. The highest BCUT2D eigenvalue weighted by Crippen LogP contribution is 2.11. The van der Waals surface area contributed by atoms with Gasteiger partial charge in [-0.1, -0.05) is 12.1 Å². The molecule has 0 bridgehead atoms. The summed E-state index contributed by atoms with van der Waals surface area (Å²) in [5, 5.41) is 11.8. The smallest absolute Gasteiger partial charge is 0.118 e. The second-order valence-electron chi connectivity index (χ2n) is 3.68. The number of benzene rings is 1. The van der Waals surface area contributed by atoms with Crippen molar-refractivity contribution < 1.29 is 14.6 Å². The molecule has 0 saturated heterocycles. The SMILES string of the molecule is COc1ccc(CCNCCOCCO)cc1. The number of aliphatic hydroxyl groups excluding tert-OH is 1. The number of nitrogens with one attached hydrogen (secondary N) is 1. The van der Waals surface area contributed by atoms with E-state index in [0.29, 0.717) is 13.2 Å². The van der Waals surface area contributed by atoms with Gasteiger partial charge in [0.2, 0.25) is 0 Å². The van der Waals surface area contributed by atoms with Gasteiger partial charge in [-0.3, -0.25) is 0 Å². The van der Waals surface area contributed by atoms with Gasteiger partial charge in [-0.25, -0.2) is 0 Å². The molecule has 0 atom stereocenters. The average Bonchev–Trinajstić information content (AvgIpc) is 2.38. The van der Waals surface area contributed by atoms with Crippen LogP contribution in [-0.4, -0.2) is 45.1 Å². The highest BCUT2D eigenvalue weighted by Gasteiger charge is 1.94. The molecular weight excluding hydrogens is 218 g/mol. The van der Waals surface area contributed by atoms with Crippen LogP contribution in [0.4, 0.5) is 0 Å². The Hall–Kier alpha value is -1.10. The molecule has 0 unspecified atom stereocenters. The molecule has 2 N–H and O–H groups in total. The fourth-order valence-corrected chi connectivity index (χ4v) is 1.46. The van der Waals surface area contributed by atoms with Crippen molar-refractivity contribution in [1.82, 2.24) is 5.32 Å². The highest BCUT2D eigenvalue weighted by atomic mass is 16.5. The Bertz CT molecular complexity index is 287. The largest absolute Gasteiger partial charge is 0.497 e. The van der Waals surface area contributed by atoms with Gasteiger partial charge in [-0.2, -0.15) is 0 Å². The van der Waals surface area contributed by atoms with Crippen LogP contribution in [0.5, 0.6) is 5.75 Å². The average molecular weight is 239 g/mol. The summed E-state index contributed by atoms with van der Waals surface area (Å²) in [6.45, 7) is 2.89. The number of hydrogen-bond donors (Lipinski definition) is 2. The number of hydrogen-bond acceptors (Lipinski definition) is 4. The molecule has 0 spiro atoms. The molecule has 1 rings (SSSR count). The van der Waals surface area contributed by atoms with Crippen molar-refractivity contribution in [3.8, 4) is 5.75 Å². The van der Waals surface area contributed by atoms with Gasteiger partial charge in [0, 0.05) is 6.54 Å². The van der Waals surface area contributed by atoms with Gasteiger partial charge in [-0.15, -0.1) is 0 Å². The van der Waals surface area contributed by atoms with Gasteiger partial charge < -0.3 is 19.9 Å². The van der Waals surface area contributed by atoms with Crippen LogP contribution in [0.3, 0.4) is 0 Å². The Labute approximate surface area is 103 Å². The van der Waals surface area contributed by atoms with Crippen LogP contribution >= 0.6 is 0 Å². The zero-order chi connectivity index (χ0) is 12.3. The first-order valence-electron chi connectivity index (χ1n) is 5.89. The summed E-state index contributed by atoms with van der Waals surface area (Å²) in [7, 11) is 1.67. The van der Waals surface area contributed by atoms with E-state index in [1.807, 2.05) is 12.1 Å². The van der Waals surface area contributed by atoms with E-state index in [1.54, 1.807) is 7.11 Å². The fraction of sp³-hybridized carbons (Fsp3) is 0.538. The third kappa shape index (κ3) is 6.26. The third-order valence-electron chi connectivity index (χ3n) is 2.41. The van der Waals surface area contributed by atoms with E-state index in [4.69, 9.17) is 14.6 Å². The van der Waals surface area contributed by atoms with Crippen LogP contribution in [0.25, 0.3) is 0 Å². The summed E-state index contributed by atoms with van der Waals surface area (Å²) in [4.78, 5) is 0. The van der Waals surface area contributed by atoms with E-state index in [-0.39, 0.29) is 6.61 Å². The zero-order valence-electron chi connectivity index (χ0n) is 10.3. The van der Waals surface area contributed by atoms with Gasteiger partial charge in [0.05, 0.1) is 26.9 Å². The van der Waals surface area contributed by atoms with E-state index >= 15 is 0 Å². The van der Waals surface area contributed by atoms with Crippen LogP contribution in [0.15, 0.2) is 24.3 Å². The molecule has 0 aromatic heterocycles. The summed E-state index contributed by atoms with van der Waals surface area (Å²) in [6.07, 6.45) is 0.990. The lowest BCUT2D eigenvalue weighted by Gasteiger charge is -2.06. The standard InChI is InChI=1S/C13H21NO3/c1-16-13-4-2-12(3-5-13)6-7-14-8-10-17-11-9-15/h2-5,14-15H,6-11H2,1H3. The molecule has 0 heterocycles. The zero-order valence-corrected chi connectivity index (χ0v) is 10.3. The number of rotatable bonds is 9. The minimum absolute atomic E-state index is 0.0891. The van der Waals surface area contributed by atoms with Crippen molar-refractivity contribution in [1.29, 1.82) is 0 Å². The van der Waals surface area contributed by atoms with E-state index in [9.17, 15) is 0 Å². The molecule has 0 aliphatic carbocycles. The van der Waals surface area contributed by atoms with E-state index in [0.717, 1.165) is 25.3 Å². The summed E-state index contributed by atoms with van der Waals surface area (Å²) in [6, 6.07) is 8.09. The maximum absolute atomic E-state index is 8.50. The van der Waals surface area contributed by atoms with E-state index in [1.165, 1.54) is 5.56 Å². The maximum Gasteiger partial charge on any atom is 0.118 e. The van der Waals surface area contributed by atoms with Gasteiger partial charge in [-0.05, 0) is 30.7 Å². The molecule has 96 valence electrons. The number of ether oxygens (including phenoxy) is 2. The molecule has 0 aliphatic rings. The van der Waals surface area contributed by atoms with Crippen molar-refractivity contribution in [2.45, 2.75) is 6.42 Å². The third-order valence-corrected chi connectivity index (χ3v) is 2.41. The molecule has 4 nitrogen and oxygen atoms in total. The molecule has 17 heavy (non-hydrogen) atoms. The maximum atomic E-state index is 8.50. The minimum atomic E-state index is 0.0891. The molecule has 1 aromatic carbocycles. The fourth-order valence-electron chi connectivity index (χ4n) is 1.46. The Morgan fingerprint density at radius 3 is 2.53 bits per heavy atom. The van der Waals surface area contributed by atoms with E-state index < -0.39 is 0 Å². The Balaban J connectivity index is 2.05.